The highest BCUT2D eigenvalue weighted by Gasteiger charge is 2.10. The summed E-state index contributed by atoms with van der Waals surface area (Å²) in [7, 11) is 1.67. The molecule has 3 aromatic rings. The largest absolute Gasteiger partial charge is 0.497 e. The van der Waals surface area contributed by atoms with E-state index in [2.05, 4.69) is 16.1 Å². The molecule has 0 aliphatic heterocycles. The minimum atomic E-state index is 0.709. The second-order valence-corrected chi connectivity index (χ2v) is 5.99. The van der Waals surface area contributed by atoms with Crippen LogP contribution in [-0.2, 0) is 6.54 Å². The number of benzene rings is 2. The molecule has 5 heteroatoms. The standard InChI is InChI=1S/C18H19N3OS/c1-22-15-4-2-3-14(8-15)21-9-12-10-23-11-17(12)16-7-13(19)5-6-18(16)20/h2-8,10-11,21H,9,19-20H2,1H3. The van der Waals surface area contributed by atoms with Gasteiger partial charge in [-0.15, -0.1) is 0 Å². The van der Waals surface area contributed by atoms with Gasteiger partial charge in [0.2, 0.25) is 0 Å². The molecule has 1 aromatic heterocycles. The lowest BCUT2D eigenvalue weighted by Crippen LogP contribution is -2.01. The number of nitrogens with two attached hydrogens (primary N) is 2. The average molecular weight is 325 g/mol. The lowest BCUT2D eigenvalue weighted by molar-refractivity contribution is 0.415. The Labute approximate surface area is 139 Å². The Kier molecular flexibility index (Phi) is 4.39. The maximum Gasteiger partial charge on any atom is 0.120 e. The van der Waals surface area contributed by atoms with Gasteiger partial charge in [-0.2, -0.15) is 11.3 Å². The monoisotopic (exact) mass is 325 g/mol. The minimum absolute atomic E-state index is 0.709. The summed E-state index contributed by atoms with van der Waals surface area (Å²) in [4.78, 5) is 0. The molecule has 0 atom stereocenters. The van der Waals surface area contributed by atoms with Crippen molar-refractivity contribution in [1.82, 2.24) is 0 Å². The second-order valence-electron chi connectivity index (χ2n) is 5.24. The number of nitrogen functional groups attached to an aromatic ring is 2. The molecule has 5 N–H and O–H groups in total. The van der Waals surface area contributed by atoms with Crippen molar-refractivity contribution in [3.63, 3.8) is 0 Å². The number of hydrogen-bond donors (Lipinski definition) is 3. The minimum Gasteiger partial charge on any atom is -0.497 e. The first kappa shape index (κ1) is 15.2. The Bertz CT molecular complexity index is 814. The molecule has 118 valence electrons. The summed E-state index contributed by atoms with van der Waals surface area (Å²) in [6, 6.07) is 13.5. The zero-order valence-electron chi connectivity index (χ0n) is 12.9. The van der Waals surface area contributed by atoms with Crippen molar-refractivity contribution in [2.24, 2.45) is 0 Å². The fraction of sp³-hybridized carbons (Fsp3) is 0.111. The van der Waals surface area contributed by atoms with Gasteiger partial charge in [0.1, 0.15) is 5.75 Å². The van der Waals surface area contributed by atoms with E-state index >= 15 is 0 Å². The predicted octanol–water partition coefficient (Wildman–Crippen LogP) is 4.20. The molecule has 0 amide bonds. The summed E-state index contributed by atoms with van der Waals surface area (Å²) in [5.41, 5.74) is 17.8. The van der Waals surface area contributed by atoms with Crippen molar-refractivity contribution in [3.05, 3.63) is 58.8 Å². The molecule has 2 aromatic carbocycles. The van der Waals surface area contributed by atoms with Gasteiger partial charge in [-0.05, 0) is 52.2 Å². The number of rotatable bonds is 5. The third-order valence-electron chi connectivity index (χ3n) is 3.66. The van der Waals surface area contributed by atoms with E-state index < -0.39 is 0 Å². The van der Waals surface area contributed by atoms with Crippen LogP contribution in [0.4, 0.5) is 17.1 Å². The Morgan fingerprint density at radius 2 is 1.91 bits per heavy atom. The second kappa shape index (κ2) is 6.62. The van der Waals surface area contributed by atoms with Gasteiger partial charge in [0, 0.05) is 35.2 Å². The number of thiophene rings is 1. The van der Waals surface area contributed by atoms with Gasteiger partial charge in [-0.1, -0.05) is 6.07 Å². The molecule has 23 heavy (non-hydrogen) atoms. The molecule has 3 rings (SSSR count). The van der Waals surface area contributed by atoms with Crippen molar-refractivity contribution in [1.29, 1.82) is 0 Å². The lowest BCUT2D eigenvalue weighted by atomic mass is 10.0. The summed E-state index contributed by atoms with van der Waals surface area (Å²) >= 11 is 1.66. The number of anilines is 3. The van der Waals surface area contributed by atoms with Gasteiger partial charge in [0.05, 0.1) is 7.11 Å². The van der Waals surface area contributed by atoms with Gasteiger partial charge in [-0.3, -0.25) is 0 Å². The zero-order chi connectivity index (χ0) is 16.2. The van der Waals surface area contributed by atoms with Crippen LogP contribution in [0.1, 0.15) is 5.56 Å². The Morgan fingerprint density at radius 3 is 2.74 bits per heavy atom. The lowest BCUT2D eigenvalue weighted by Gasteiger charge is -2.11. The van der Waals surface area contributed by atoms with Gasteiger partial charge in [0.15, 0.2) is 0 Å². The number of methoxy groups -OCH3 is 1. The average Bonchev–Trinajstić information content (AvgIpc) is 3.03. The maximum atomic E-state index is 6.11. The Morgan fingerprint density at radius 1 is 1.04 bits per heavy atom. The number of ether oxygens (including phenoxy) is 1. The first-order valence-corrected chi connectivity index (χ1v) is 8.20. The molecule has 1 heterocycles. The molecular formula is C18H19N3OS. The van der Waals surface area contributed by atoms with E-state index in [-0.39, 0.29) is 0 Å². The van der Waals surface area contributed by atoms with Crippen LogP contribution in [0.25, 0.3) is 11.1 Å². The maximum absolute atomic E-state index is 6.11. The number of hydrogen-bond acceptors (Lipinski definition) is 5. The predicted molar refractivity (Wildman–Crippen MR) is 98.9 cm³/mol. The zero-order valence-corrected chi connectivity index (χ0v) is 13.7. The van der Waals surface area contributed by atoms with Crippen LogP contribution in [-0.4, -0.2) is 7.11 Å². The molecule has 0 bridgehead atoms. The highest BCUT2D eigenvalue weighted by atomic mass is 32.1. The van der Waals surface area contributed by atoms with E-state index in [0.29, 0.717) is 12.2 Å². The molecule has 0 unspecified atom stereocenters. The summed E-state index contributed by atoms with van der Waals surface area (Å²) in [5.74, 6) is 0.834. The molecule has 4 nitrogen and oxygen atoms in total. The van der Waals surface area contributed by atoms with Crippen molar-refractivity contribution in [2.75, 3.05) is 23.9 Å². The van der Waals surface area contributed by atoms with Crippen molar-refractivity contribution in [2.45, 2.75) is 6.54 Å². The third kappa shape index (κ3) is 3.40. The van der Waals surface area contributed by atoms with Crippen molar-refractivity contribution >= 4 is 28.4 Å². The first-order valence-electron chi connectivity index (χ1n) is 7.25. The summed E-state index contributed by atoms with van der Waals surface area (Å²) < 4.78 is 5.25. The van der Waals surface area contributed by atoms with E-state index in [0.717, 1.165) is 28.3 Å². The highest BCUT2D eigenvalue weighted by molar-refractivity contribution is 7.08. The summed E-state index contributed by atoms with van der Waals surface area (Å²) in [6.45, 7) is 0.709. The van der Waals surface area contributed by atoms with Crippen LogP contribution in [0.5, 0.6) is 5.75 Å². The van der Waals surface area contributed by atoms with Crippen LogP contribution in [0, 0.1) is 0 Å². The molecule has 0 fully saturated rings. The van der Waals surface area contributed by atoms with Gasteiger partial charge < -0.3 is 21.5 Å². The fourth-order valence-electron chi connectivity index (χ4n) is 2.43. The highest BCUT2D eigenvalue weighted by Crippen LogP contribution is 2.33. The van der Waals surface area contributed by atoms with Crippen LogP contribution in [0.15, 0.2) is 53.2 Å². The van der Waals surface area contributed by atoms with Crippen molar-refractivity contribution in [3.8, 4) is 16.9 Å². The summed E-state index contributed by atoms with van der Waals surface area (Å²) in [5, 5.41) is 7.66. The normalized spacial score (nSPS) is 10.5. The van der Waals surface area contributed by atoms with Crippen LogP contribution >= 0.6 is 11.3 Å². The van der Waals surface area contributed by atoms with Crippen LogP contribution in [0.2, 0.25) is 0 Å². The van der Waals surface area contributed by atoms with Crippen molar-refractivity contribution < 1.29 is 4.74 Å². The van der Waals surface area contributed by atoms with E-state index in [1.807, 2.05) is 42.5 Å². The molecule has 0 spiro atoms. The van der Waals surface area contributed by atoms with E-state index in [4.69, 9.17) is 16.2 Å². The Hall–Kier alpha value is -2.66. The Balaban J connectivity index is 1.82. The molecular weight excluding hydrogens is 306 g/mol. The van der Waals surface area contributed by atoms with Crippen LogP contribution < -0.4 is 21.5 Å². The quantitative estimate of drug-likeness (QED) is 0.615. The van der Waals surface area contributed by atoms with Gasteiger partial charge in [-0.25, -0.2) is 0 Å². The van der Waals surface area contributed by atoms with Gasteiger partial charge >= 0.3 is 0 Å². The molecule has 0 aliphatic rings. The topological polar surface area (TPSA) is 73.3 Å². The molecule has 0 radical (unpaired) electrons. The van der Waals surface area contributed by atoms with E-state index in [1.54, 1.807) is 18.4 Å². The number of nitrogens with one attached hydrogen (secondary N) is 1. The fourth-order valence-corrected chi connectivity index (χ4v) is 3.29. The molecule has 0 saturated heterocycles. The molecule has 0 saturated carbocycles. The van der Waals surface area contributed by atoms with Crippen LogP contribution in [0.3, 0.4) is 0 Å². The first-order chi connectivity index (χ1) is 11.2. The van der Waals surface area contributed by atoms with Gasteiger partial charge in [0.25, 0.3) is 0 Å². The SMILES string of the molecule is COc1cccc(NCc2cscc2-c2cc(N)ccc2N)c1. The van der Waals surface area contributed by atoms with E-state index in [9.17, 15) is 0 Å². The van der Waals surface area contributed by atoms with E-state index in [1.165, 1.54) is 5.56 Å². The smallest absolute Gasteiger partial charge is 0.120 e. The molecule has 0 aliphatic carbocycles. The third-order valence-corrected chi connectivity index (χ3v) is 4.45. The summed E-state index contributed by atoms with van der Waals surface area (Å²) in [6.07, 6.45) is 0.